The summed E-state index contributed by atoms with van der Waals surface area (Å²) in [7, 11) is -3.38. The van der Waals surface area contributed by atoms with Gasteiger partial charge >= 0.3 is 5.97 Å². The van der Waals surface area contributed by atoms with Crippen molar-refractivity contribution >= 4 is 33.5 Å². The molecule has 3 rings (SSSR count). The number of sulfonamides is 1. The molecule has 1 aliphatic heterocycles. The van der Waals surface area contributed by atoms with Crippen LogP contribution in [0, 0.1) is 0 Å². The van der Waals surface area contributed by atoms with Crippen molar-refractivity contribution in [2.75, 3.05) is 17.2 Å². The molecule has 8 heteroatoms. The number of carbonyl (C=O) groups is 2. The number of carbonyl (C=O) groups excluding carboxylic acids is 2. The quantitative estimate of drug-likeness (QED) is 0.428. The van der Waals surface area contributed by atoms with Crippen molar-refractivity contribution in [3.05, 3.63) is 59.6 Å². The maximum atomic E-state index is 12.3. The van der Waals surface area contributed by atoms with Crippen LogP contribution in [0.25, 0.3) is 6.08 Å². The Bertz CT molecular complexity index is 991. The molecule has 27 heavy (non-hydrogen) atoms. The molecule has 2 heterocycles. The molecule has 2 aromatic rings. The molecule has 0 saturated carbocycles. The van der Waals surface area contributed by atoms with Gasteiger partial charge in [0.05, 0.1) is 18.2 Å². The third-order valence-electron chi connectivity index (χ3n) is 4.18. The lowest BCUT2D eigenvalue weighted by atomic mass is 10.0. The number of Topliss-reactive ketones (excluding diaryl/α,β-unsaturated/α-hetero) is 1. The number of ketones is 1. The summed E-state index contributed by atoms with van der Waals surface area (Å²) in [4.78, 5) is 24.0. The zero-order chi connectivity index (χ0) is 19.6. The molecular formula is C19H19NO6S. The lowest BCUT2D eigenvalue weighted by molar-refractivity contribution is -0.136. The van der Waals surface area contributed by atoms with Crippen molar-refractivity contribution in [1.82, 2.24) is 0 Å². The zero-order valence-corrected chi connectivity index (χ0v) is 15.7. The van der Waals surface area contributed by atoms with Crippen LogP contribution >= 0.6 is 0 Å². The van der Waals surface area contributed by atoms with Crippen LogP contribution in [0.1, 0.15) is 28.6 Å². The minimum atomic E-state index is -3.38. The van der Waals surface area contributed by atoms with Gasteiger partial charge in [0, 0.05) is 17.7 Å². The fourth-order valence-corrected chi connectivity index (χ4v) is 4.35. The van der Waals surface area contributed by atoms with E-state index in [4.69, 9.17) is 9.15 Å². The number of anilines is 1. The molecule has 1 aromatic heterocycles. The summed E-state index contributed by atoms with van der Waals surface area (Å²) in [6, 6.07) is 7.99. The zero-order valence-electron chi connectivity index (χ0n) is 14.9. The Morgan fingerprint density at radius 3 is 2.78 bits per heavy atom. The smallest absolute Gasteiger partial charge is 0.331 e. The van der Waals surface area contributed by atoms with Crippen LogP contribution in [0.2, 0.25) is 0 Å². The minimum absolute atomic E-state index is 0.204. The predicted octanol–water partition coefficient (Wildman–Crippen LogP) is 2.43. The van der Waals surface area contributed by atoms with Gasteiger partial charge in [0.1, 0.15) is 5.76 Å². The average molecular weight is 389 g/mol. The Hall–Kier alpha value is -2.87. The second-order valence-corrected chi connectivity index (χ2v) is 8.19. The molecule has 0 N–H and O–H groups in total. The minimum Gasteiger partial charge on any atom is -0.465 e. The van der Waals surface area contributed by atoms with Crippen LogP contribution in [0.5, 0.6) is 0 Å². The molecule has 0 bridgehead atoms. The van der Waals surface area contributed by atoms with Gasteiger partial charge in [-0.1, -0.05) is 0 Å². The fourth-order valence-electron chi connectivity index (χ4n) is 3.09. The number of esters is 1. The standard InChI is InChI=1S/C19H19NO6S/c1-13-10-15-11-14(5-7-17(15)20(13)27(2,23)24)18(21)12-26-19(22)8-6-16-4-3-9-25-16/h3-9,11,13H,10,12H2,1-2H3/b8-6+/t13-/m1/s1. The van der Waals surface area contributed by atoms with E-state index < -0.39 is 22.6 Å². The molecule has 1 atom stereocenters. The number of fused-ring (bicyclic) bond motifs is 1. The summed E-state index contributed by atoms with van der Waals surface area (Å²) in [5.74, 6) is -0.512. The summed E-state index contributed by atoms with van der Waals surface area (Å²) < 4.78 is 35.2. The number of nitrogens with zero attached hydrogens (tertiary/aromatic N) is 1. The molecule has 142 valence electrons. The van der Waals surface area contributed by atoms with Crippen molar-refractivity contribution in [1.29, 1.82) is 0 Å². The topological polar surface area (TPSA) is 93.9 Å². The van der Waals surface area contributed by atoms with Gasteiger partial charge in [0.15, 0.2) is 12.4 Å². The molecule has 0 spiro atoms. The molecule has 1 aliphatic rings. The number of benzene rings is 1. The van der Waals surface area contributed by atoms with E-state index in [0.717, 1.165) is 11.8 Å². The summed E-state index contributed by atoms with van der Waals surface area (Å²) in [5, 5.41) is 0. The van der Waals surface area contributed by atoms with E-state index in [-0.39, 0.29) is 11.8 Å². The second kappa shape index (κ2) is 7.40. The average Bonchev–Trinajstić information content (AvgIpc) is 3.22. The van der Waals surface area contributed by atoms with E-state index in [1.54, 1.807) is 30.3 Å². The second-order valence-electron chi connectivity index (χ2n) is 6.34. The van der Waals surface area contributed by atoms with Crippen molar-refractivity contribution in [2.24, 2.45) is 0 Å². The first-order valence-corrected chi connectivity index (χ1v) is 10.1. The van der Waals surface area contributed by atoms with E-state index in [9.17, 15) is 18.0 Å². The first-order chi connectivity index (χ1) is 12.8. The van der Waals surface area contributed by atoms with E-state index >= 15 is 0 Å². The van der Waals surface area contributed by atoms with E-state index in [1.807, 2.05) is 6.92 Å². The highest BCUT2D eigenvalue weighted by molar-refractivity contribution is 7.92. The SMILES string of the molecule is C[C@@H]1Cc2cc(C(=O)COC(=O)/C=C/c3ccco3)ccc2N1S(C)(=O)=O. The van der Waals surface area contributed by atoms with E-state index in [1.165, 1.54) is 22.7 Å². The van der Waals surface area contributed by atoms with Gasteiger partial charge in [0.2, 0.25) is 10.0 Å². The molecule has 1 aromatic carbocycles. The normalized spacial score (nSPS) is 16.5. The highest BCUT2D eigenvalue weighted by Gasteiger charge is 2.32. The van der Waals surface area contributed by atoms with Gasteiger partial charge in [-0.05, 0) is 55.3 Å². The van der Waals surface area contributed by atoms with Gasteiger partial charge in [-0.25, -0.2) is 13.2 Å². The Morgan fingerprint density at radius 2 is 2.11 bits per heavy atom. The Morgan fingerprint density at radius 1 is 1.33 bits per heavy atom. The lowest BCUT2D eigenvalue weighted by Crippen LogP contribution is -2.34. The first-order valence-electron chi connectivity index (χ1n) is 8.29. The van der Waals surface area contributed by atoms with Gasteiger partial charge in [-0.15, -0.1) is 0 Å². The number of hydrogen-bond acceptors (Lipinski definition) is 6. The number of hydrogen-bond donors (Lipinski definition) is 0. The number of rotatable bonds is 6. The molecule has 7 nitrogen and oxygen atoms in total. The van der Waals surface area contributed by atoms with Crippen LogP contribution < -0.4 is 4.31 Å². The molecule has 0 amide bonds. The maximum Gasteiger partial charge on any atom is 0.331 e. The van der Waals surface area contributed by atoms with Gasteiger partial charge < -0.3 is 9.15 Å². The summed E-state index contributed by atoms with van der Waals surface area (Å²) >= 11 is 0. The third kappa shape index (κ3) is 4.28. The van der Waals surface area contributed by atoms with Gasteiger partial charge in [-0.2, -0.15) is 0 Å². The van der Waals surface area contributed by atoms with Crippen molar-refractivity contribution in [2.45, 2.75) is 19.4 Å². The Labute approximate surface area is 157 Å². The van der Waals surface area contributed by atoms with Crippen molar-refractivity contribution < 1.29 is 27.2 Å². The Balaban J connectivity index is 1.65. The van der Waals surface area contributed by atoms with E-state index in [2.05, 4.69) is 0 Å². The monoisotopic (exact) mass is 389 g/mol. The van der Waals surface area contributed by atoms with Crippen molar-refractivity contribution in [3.63, 3.8) is 0 Å². The van der Waals surface area contributed by atoms with Crippen LogP contribution in [0.4, 0.5) is 5.69 Å². The number of ether oxygens (including phenoxy) is 1. The van der Waals surface area contributed by atoms with Gasteiger partial charge in [0.25, 0.3) is 0 Å². The van der Waals surface area contributed by atoms with Crippen LogP contribution in [0.15, 0.2) is 47.1 Å². The molecule has 0 aliphatic carbocycles. The molecule has 0 unspecified atom stereocenters. The lowest BCUT2D eigenvalue weighted by Gasteiger charge is -2.21. The van der Waals surface area contributed by atoms with Crippen LogP contribution in [-0.4, -0.2) is 39.1 Å². The van der Waals surface area contributed by atoms with Crippen LogP contribution in [-0.2, 0) is 26.0 Å². The summed E-state index contributed by atoms with van der Waals surface area (Å²) in [6.07, 6.45) is 5.79. The molecule has 0 radical (unpaired) electrons. The highest BCUT2D eigenvalue weighted by Crippen LogP contribution is 2.34. The molecule has 0 saturated heterocycles. The highest BCUT2D eigenvalue weighted by atomic mass is 32.2. The largest absolute Gasteiger partial charge is 0.465 e. The van der Waals surface area contributed by atoms with Crippen molar-refractivity contribution in [3.8, 4) is 0 Å². The summed E-state index contributed by atoms with van der Waals surface area (Å²) in [5.41, 5.74) is 1.74. The van der Waals surface area contributed by atoms with E-state index in [0.29, 0.717) is 23.4 Å². The predicted molar refractivity (Wildman–Crippen MR) is 100.0 cm³/mol. The van der Waals surface area contributed by atoms with Crippen LogP contribution in [0.3, 0.4) is 0 Å². The Kier molecular flexibility index (Phi) is 5.18. The van der Waals surface area contributed by atoms with Gasteiger partial charge in [-0.3, -0.25) is 9.10 Å². The fraction of sp³-hybridized carbons (Fsp3) is 0.263. The molecular weight excluding hydrogens is 370 g/mol. The maximum absolute atomic E-state index is 12.3. The summed E-state index contributed by atoms with van der Waals surface area (Å²) in [6.45, 7) is 1.42. The first kappa shape index (κ1) is 18.9. The number of furan rings is 1. The third-order valence-corrected chi connectivity index (χ3v) is 5.46. The molecule has 0 fully saturated rings.